The molecule has 1 aromatic rings. The number of benzene rings is 1. The lowest BCUT2D eigenvalue weighted by Gasteiger charge is -2.26. The number of hydrogen-bond donors (Lipinski definition) is 1. The quantitative estimate of drug-likeness (QED) is 0.806. The summed E-state index contributed by atoms with van der Waals surface area (Å²) < 4.78 is 0. The minimum absolute atomic E-state index is 0.625. The topological polar surface area (TPSA) is 12.0 Å². The Morgan fingerprint density at radius 1 is 1.47 bits per heavy atom. The number of rotatable bonds is 2. The molecule has 1 aromatic carbocycles. The average molecular weight is 221 g/mol. The van der Waals surface area contributed by atoms with Crippen molar-refractivity contribution in [2.24, 2.45) is 0 Å². The maximum absolute atomic E-state index is 3.59. The van der Waals surface area contributed by atoms with Gasteiger partial charge in [-0.1, -0.05) is 26.8 Å². The number of anilines is 1. The fraction of sp³-hybridized carbons (Fsp3) is 0.538. The van der Waals surface area contributed by atoms with Gasteiger partial charge in [-0.05, 0) is 30.0 Å². The van der Waals surface area contributed by atoms with Crippen LogP contribution in [0, 0.1) is 0 Å². The Labute approximate surface area is 96.7 Å². The van der Waals surface area contributed by atoms with Gasteiger partial charge in [-0.15, -0.1) is 11.8 Å². The molecule has 0 aliphatic carbocycles. The Hall–Kier alpha value is -0.630. The fourth-order valence-corrected chi connectivity index (χ4v) is 3.01. The van der Waals surface area contributed by atoms with Gasteiger partial charge in [-0.2, -0.15) is 0 Å². The van der Waals surface area contributed by atoms with E-state index in [4.69, 9.17) is 0 Å². The first-order chi connectivity index (χ1) is 7.20. The van der Waals surface area contributed by atoms with E-state index in [2.05, 4.69) is 44.3 Å². The maximum Gasteiger partial charge on any atom is 0.0481 e. The second kappa shape index (κ2) is 4.48. The van der Waals surface area contributed by atoms with Gasteiger partial charge in [0.25, 0.3) is 0 Å². The van der Waals surface area contributed by atoms with Gasteiger partial charge in [0.15, 0.2) is 0 Å². The van der Waals surface area contributed by atoms with Crippen molar-refractivity contribution in [2.45, 2.75) is 44.0 Å². The molecule has 0 spiro atoms. The molecule has 15 heavy (non-hydrogen) atoms. The summed E-state index contributed by atoms with van der Waals surface area (Å²) in [6.07, 6.45) is 1.21. The lowest BCUT2D eigenvalue weighted by molar-refractivity contribution is 0.763. The third-order valence-electron chi connectivity index (χ3n) is 2.96. The summed E-state index contributed by atoms with van der Waals surface area (Å²) in [5, 5.41) is 3.59. The van der Waals surface area contributed by atoms with Crippen molar-refractivity contribution in [3.05, 3.63) is 23.8 Å². The van der Waals surface area contributed by atoms with Crippen LogP contribution in [-0.2, 0) is 0 Å². The van der Waals surface area contributed by atoms with Crippen molar-refractivity contribution in [3.63, 3.8) is 0 Å². The Kier molecular flexibility index (Phi) is 3.25. The smallest absolute Gasteiger partial charge is 0.0481 e. The fourth-order valence-electron chi connectivity index (χ4n) is 1.81. The van der Waals surface area contributed by atoms with Gasteiger partial charge in [-0.25, -0.2) is 0 Å². The first kappa shape index (κ1) is 10.9. The van der Waals surface area contributed by atoms with Crippen LogP contribution in [0.25, 0.3) is 0 Å². The number of hydrogen-bond acceptors (Lipinski definition) is 2. The first-order valence-electron chi connectivity index (χ1n) is 5.74. The van der Waals surface area contributed by atoms with E-state index in [1.165, 1.54) is 28.3 Å². The highest BCUT2D eigenvalue weighted by atomic mass is 32.2. The molecule has 1 heterocycles. The van der Waals surface area contributed by atoms with Crippen LogP contribution in [0.15, 0.2) is 23.1 Å². The van der Waals surface area contributed by atoms with E-state index < -0.39 is 0 Å². The molecule has 1 unspecified atom stereocenters. The van der Waals surface area contributed by atoms with Crippen molar-refractivity contribution in [3.8, 4) is 0 Å². The van der Waals surface area contributed by atoms with E-state index in [-0.39, 0.29) is 0 Å². The Morgan fingerprint density at radius 3 is 2.93 bits per heavy atom. The second-order valence-electron chi connectivity index (χ2n) is 4.47. The molecular formula is C13H19NS. The van der Waals surface area contributed by atoms with Crippen LogP contribution in [0.2, 0.25) is 0 Å². The van der Waals surface area contributed by atoms with Gasteiger partial charge in [0.05, 0.1) is 0 Å². The van der Waals surface area contributed by atoms with Gasteiger partial charge < -0.3 is 5.32 Å². The minimum Gasteiger partial charge on any atom is -0.381 e. The Bertz CT molecular complexity index is 346. The zero-order valence-corrected chi connectivity index (χ0v) is 10.5. The molecule has 1 nitrogen and oxygen atoms in total. The Morgan fingerprint density at radius 2 is 2.27 bits per heavy atom. The highest BCUT2D eigenvalue weighted by molar-refractivity contribution is 7.99. The third-order valence-corrected chi connectivity index (χ3v) is 4.18. The molecule has 0 bridgehead atoms. The predicted molar refractivity (Wildman–Crippen MR) is 69.0 cm³/mol. The summed E-state index contributed by atoms with van der Waals surface area (Å²) in [6.45, 7) is 6.74. The van der Waals surface area contributed by atoms with E-state index in [0.29, 0.717) is 12.0 Å². The summed E-state index contributed by atoms with van der Waals surface area (Å²) in [5.41, 5.74) is 2.76. The van der Waals surface area contributed by atoms with Crippen LogP contribution in [0.1, 0.15) is 38.7 Å². The molecule has 2 rings (SSSR count). The molecule has 2 heteroatoms. The molecule has 1 N–H and O–H groups in total. The zero-order chi connectivity index (χ0) is 10.8. The lowest BCUT2D eigenvalue weighted by atomic mass is 10.0. The zero-order valence-electron chi connectivity index (χ0n) is 9.71. The van der Waals surface area contributed by atoms with Crippen LogP contribution in [0.4, 0.5) is 5.69 Å². The number of thioether (sulfide) groups is 1. The van der Waals surface area contributed by atoms with Crippen molar-refractivity contribution in [1.29, 1.82) is 0 Å². The minimum atomic E-state index is 0.625. The average Bonchev–Trinajstić information content (AvgIpc) is 2.27. The second-order valence-corrected chi connectivity index (χ2v) is 5.53. The molecule has 1 atom stereocenters. The van der Waals surface area contributed by atoms with Crippen LogP contribution in [0.5, 0.6) is 0 Å². The predicted octanol–water partition coefficient (Wildman–Crippen LogP) is 4.11. The highest BCUT2D eigenvalue weighted by Crippen LogP contribution is 2.35. The standard InChI is InChI=1S/C13H19NS/c1-4-11-8-15-13-7-10(9(2)3)5-6-12(13)14-11/h5-7,9,11,14H,4,8H2,1-3H3. The molecule has 0 radical (unpaired) electrons. The van der Waals surface area contributed by atoms with Crippen LogP contribution in [0.3, 0.4) is 0 Å². The van der Waals surface area contributed by atoms with E-state index in [1.54, 1.807) is 0 Å². The van der Waals surface area contributed by atoms with Crippen LogP contribution < -0.4 is 5.32 Å². The van der Waals surface area contributed by atoms with Crippen molar-refractivity contribution >= 4 is 17.4 Å². The maximum atomic E-state index is 3.59. The molecule has 0 saturated heterocycles. The van der Waals surface area contributed by atoms with Gasteiger partial charge in [0.1, 0.15) is 0 Å². The molecule has 0 saturated carbocycles. The van der Waals surface area contributed by atoms with Crippen molar-refractivity contribution in [2.75, 3.05) is 11.1 Å². The number of fused-ring (bicyclic) bond motifs is 1. The molecule has 1 aliphatic heterocycles. The molecule has 0 aromatic heterocycles. The lowest BCUT2D eigenvalue weighted by Crippen LogP contribution is -2.24. The summed E-state index contributed by atoms with van der Waals surface area (Å²) in [7, 11) is 0. The SMILES string of the molecule is CCC1CSc2cc(C(C)C)ccc2N1. The van der Waals surface area contributed by atoms with Crippen LogP contribution in [-0.4, -0.2) is 11.8 Å². The van der Waals surface area contributed by atoms with Crippen LogP contribution >= 0.6 is 11.8 Å². The molecule has 1 aliphatic rings. The third kappa shape index (κ3) is 2.31. The summed E-state index contributed by atoms with van der Waals surface area (Å²) >= 11 is 1.99. The van der Waals surface area contributed by atoms with E-state index in [1.807, 2.05) is 11.8 Å². The molecular weight excluding hydrogens is 202 g/mol. The normalized spacial score (nSPS) is 19.9. The summed E-state index contributed by atoms with van der Waals surface area (Å²) in [4.78, 5) is 1.42. The first-order valence-corrected chi connectivity index (χ1v) is 6.72. The highest BCUT2D eigenvalue weighted by Gasteiger charge is 2.17. The van der Waals surface area contributed by atoms with Gasteiger partial charge in [0.2, 0.25) is 0 Å². The van der Waals surface area contributed by atoms with Gasteiger partial charge in [-0.3, -0.25) is 0 Å². The van der Waals surface area contributed by atoms with E-state index >= 15 is 0 Å². The molecule has 0 fully saturated rings. The van der Waals surface area contributed by atoms with Gasteiger partial charge in [0, 0.05) is 22.4 Å². The van der Waals surface area contributed by atoms with E-state index in [0.717, 1.165) is 0 Å². The molecule has 0 amide bonds. The number of nitrogens with one attached hydrogen (secondary N) is 1. The monoisotopic (exact) mass is 221 g/mol. The summed E-state index contributed by atoms with van der Waals surface area (Å²) in [6, 6.07) is 7.46. The largest absolute Gasteiger partial charge is 0.381 e. The Balaban J connectivity index is 2.24. The van der Waals surface area contributed by atoms with Gasteiger partial charge >= 0.3 is 0 Å². The van der Waals surface area contributed by atoms with Crippen molar-refractivity contribution < 1.29 is 0 Å². The van der Waals surface area contributed by atoms with E-state index in [9.17, 15) is 0 Å². The summed E-state index contributed by atoms with van der Waals surface area (Å²) in [5.74, 6) is 1.82. The van der Waals surface area contributed by atoms with Crippen molar-refractivity contribution in [1.82, 2.24) is 0 Å². The molecule has 82 valence electrons.